The summed E-state index contributed by atoms with van der Waals surface area (Å²) in [6.07, 6.45) is -0.100. The number of sulfone groups is 1. The molecule has 1 aliphatic rings. The predicted octanol–water partition coefficient (Wildman–Crippen LogP) is -2.44. The van der Waals surface area contributed by atoms with E-state index in [-0.39, 0.29) is 12.2 Å². The Balaban J connectivity index is 3.26. The second-order valence-corrected chi connectivity index (χ2v) is 9.72. The van der Waals surface area contributed by atoms with Gasteiger partial charge in [0, 0.05) is 13.0 Å². The van der Waals surface area contributed by atoms with Gasteiger partial charge in [-0.05, 0) is 13.5 Å². The second-order valence-electron chi connectivity index (χ2n) is 5.33. The quantitative estimate of drug-likeness (QED) is 0.351. The molecule has 128 valence electrons. The summed E-state index contributed by atoms with van der Waals surface area (Å²) in [4.78, 5) is 13.1. The molecule has 0 aromatic heterocycles. The smallest absolute Gasteiger partial charge is 0.221 e. The van der Waals surface area contributed by atoms with Crippen LogP contribution in [0.2, 0.25) is 0 Å². The third-order valence-corrected chi connectivity index (χ3v) is 6.83. The number of rotatable bonds is 5. The lowest BCUT2D eigenvalue weighted by atomic mass is 9.93. The number of thiocarbonyl (C=S) groups is 1. The topological polar surface area (TPSA) is 155 Å². The minimum Gasteiger partial charge on any atom is -0.353 e. The highest BCUT2D eigenvalue weighted by Gasteiger charge is 2.47. The number of carbonyl (C=O) groups is 1. The summed E-state index contributed by atoms with van der Waals surface area (Å²) in [6.45, 7) is 1.03. The highest BCUT2D eigenvalue weighted by atomic mass is 32.2. The fourth-order valence-corrected chi connectivity index (χ4v) is 4.80. The maximum absolute atomic E-state index is 12.2. The molecule has 1 saturated heterocycles. The first-order chi connectivity index (χ1) is 9.67. The molecule has 1 fully saturated rings. The van der Waals surface area contributed by atoms with Gasteiger partial charge in [-0.15, -0.1) is 0 Å². The lowest BCUT2D eigenvalue weighted by Gasteiger charge is -2.41. The normalized spacial score (nSPS) is 26.2. The monoisotopic (exact) mass is 374 g/mol. The van der Waals surface area contributed by atoms with Gasteiger partial charge < -0.3 is 10.2 Å². The summed E-state index contributed by atoms with van der Waals surface area (Å²) in [6, 6.07) is -0.967. The number of sulfonamides is 1. The van der Waals surface area contributed by atoms with E-state index in [0.717, 1.165) is 11.8 Å². The number of ketones is 1. The van der Waals surface area contributed by atoms with E-state index in [1.165, 1.54) is 7.05 Å². The van der Waals surface area contributed by atoms with Crippen LogP contribution < -0.4 is 5.14 Å². The number of aliphatic hydroxyl groups is 2. The van der Waals surface area contributed by atoms with Crippen molar-refractivity contribution in [3.63, 3.8) is 0 Å². The van der Waals surface area contributed by atoms with Crippen LogP contribution in [0.5, 0.6) is 0 Å². The molecule has 1 rings (SSSR count). The van der Waals surface area contributed by atoms with Gasteiger partial charge in [-0.2, -0.15) is 0 Å². The Bertz CT molecular complexity index is 678. The van der Waals surface area contributed by atoms with E-state index in [9.17, 15) is 31.8 Å². The Kier molecular flexibility index (Phi) is 5.50. The van der Waals surface area contributed by atoms with Gasteiger partial charge >= 0.3 is 0 Å². The Labute approximate surface area is 134 Å². The van der Waals surface area contributed by atoms with E-state index in [4.69, 9.17) is 17.4 Å². The van der Waals surface area contributed by atoms with Crippen LogP contribution in [0, 0.1) is 5.92 Å². The van der Waals surface area contributed by atoms with Gasteiger partial charge in [-0.25, -0.2) is 22.0 Å². The van der Waals surface area contributed by atoms with Crippen LogP contribution >= 0.6 is 12.2 Å². The maximum atomic E-state index is 12.2. The molecule has 0 bridgehead atoms. The first-order valence-electron chi connectivity index (χ1n) is 6.14. The second kappa shape index (κ2) is 6.19. The molecule has 0 radical (unpaired) electrons. The van der Waals surface area contributed by atoms with Crippen LogP contribution in [0.4, 0.5) is 0 Å². The molecule has 0 aliphatic carbocycles. The van der Waals surface area contributed by atoms with Crippen molar-refractivity contribution in [1.82, 2.24) is 4.90 Å². The van der Waals surface area contributed by atoms with Crippen molar-refractivity contribution in [2.45, 2.75) is 25.3 Å². The highest BCUT2D eigenvalue weighted by molar-refractivity contribution is 8.17. The van der Waals surface area contributed by atoms with E-state index in [0.29, 0.717) is 0 Å². The molecule has 0 spiro atoms. The van der Waals surface area contributed by atoms with Crippen molar-refractivity contribution in [3.8, 4) is 0 Å². The van der Waals surface area contributed by atoms with E-state index in [1.807, 2.05) is 0 Å². The van der Waals surface area contributed by atoms with Crippen molar-refractivity contribution in [3.05, 3.63) is 0 Å². The van der Waals surface area contributed by atoms with E-state index >= 15 is 0 Å². The van der Waals surface area contributed by atoms with Crippen molar-refractivity contribution >= 4 is 42.1 Å². The summed E-state index contributed by atoms with van der Waals surface area (Å²) < 4.78 is 45.3. The minimum atomic E-state index is -4.17. The van der Waals surface area contributed by atoms with Gasteiger partial charge in [-0.1, -0.05) is 12.2 Å². The molecule has 22 heavy (non-hydrogen) atoms. The number of nitrogens with two attached hydrogens (primary N) is 1. The van der Waals surface area contributed by atoms with Crippen molar-refractivity contribution in [1.29, 1.82) is 0 Å². The number of primary sulfonamides is 1. The molecule has 2 atom stereocenters. The maximum Gasteiger partial charge on any atom is 0.221 e. The Morgan fingerprint density at radius 1 is 1.50 bits per heavy atom. The fraction of sp³-hybridized carbons (Fsp3) is 0.800. The van der Waals surface area contributed by atoms with E-state index in [1.54, 1.807) is 0 Å². The Morgan fingerprint density at radius 3 is 2.41 bits per heavy atom. The molecule has 0 saturated carbocycles. The number of hydrogen-bond acceptors (Lipinski definition) is 9. The minimum absolute atomic E-state index is 0.100. The average molecular weight is 374 g/mol. The summed E-state index contributed by atoms with van der Waals surface area (Å²) in [7, 11) is -6.74. The van der Waals surface area contributed by atoms with Crippen molar-refractivity contribution < 1.29 is 31.8 Å². The zero-order chi connectivity index (χ0) is 17.5. The molecule has 0 amide bonds. The zero-order valence-corrected chi connectivity index (χ0v) is 14.4. The summed E-state index contributed by atoms with van der Waals surface area (Å²) in [5.41, 5.74) is 0. The summed E-state index contributed by atoms with van der Waals surface area (Å²) in [5, 5.41) is 24.1. The standard InChI is InChI=1S/C10H18N2O7S3/c1-10(14,15)12(2)6-3-4-21(16,17)9(20)8(6)7(13)5-22(11,18)19/h6,8,14-15H,3-5H2,1-2H3,(H2,11,18,19). The van der Waals surface area contributed by atoms with Crippen molar-refractivity contribution in [2.75, 3.05) is 18.6 Å². The molecule has 0 aromatic carbocycles. The Hall–Kier alpha value is -0.500. The molecule has 12 heteroatoms. The van der Waals surface area contributed by atoms with Crippen LogP contribution in [-0.4, -0.2) is 72.4 Å². The number of carbonyl (C=O) groups excluding carboxylic acids is 1. The fourth-order valence-electron chi connectivity index (χ4n) is 2.26. The summed E-state index contributed by atoms with van der Waals surface area (Å²) >= 11 is 4.81. The van der Waals surface area contributed by atoms with Crippen LogP contribution in [0.1, 0.15) is 13.3 Å². The van der Waals surface area contributed by atoms with Crippen LogP contribution in [0.15, 0.2) is 0 Å². The lowest BCUT2D eigenvalue weighted by Crippen LogP contribution is -2.59. The van der Waals surface area contributed by atoms with Gasteiger partial charge in [0.1, 0.15) is 9.95 Å². The average Bonchev–Trinajstić information content (AvgIpc) is 2.27. The first kappa shape index (κ1) is 19.5. The molecular weight excluding hydrogens is 356 g/mol. The number of nitrogens with zero attached hydrogens (tertiary/aromatic N) is 1. The number of hydrogen-bond donors (Lipinski definition) is 3. The van der Waals surface area contributed by atoms with Crippen LogP contribution in [-0.2, 0) is 24.7 Å². The van der Waals surface area contributed by atoms with Crippen LogP contribution in [0.3, 0.4) is 0 Å². The molecule has 1 aliphatic heterocycles. The van der Waals surface area contributed by atoms with E-state index < -0.39 is 53.5 Å². The lowest BCUT2D eigenvalue weighted by molar-refractivity contribution is -0.255. The third kappa shape index (κ3) is 4.50. The molecule has 0 aromatic rings. The van der Waals surface area contributed by atoms with Gasteiger partial charge in [0.15, 0.2) is 15.6 Å². The summed E-state index contributed by atoms with van der Waals surface area (Å²) in [5.74, 6) is -6.24. The first-order valence-corrected chi connectivity index (χ1v) is 9.92. The predicted molar refractivity (Wildman–Crippen MR) is 81.9 cm³/mol. The van der Waals surface area contributed by atoms with Gasteiger partial charge in [0.25, 0.3) is 0 Å². The third-order valence-electron chi connectivity index (χ3n) is 3.48. The van der Waals surface area contributed by atoms with Crippen molar-refractivity contribution in [2.24, 2.45) is 11.1 Å². The SMILES string of the molecule is CN(C1CCS(=O)(=O)C(=S)C1C(=O)CS(N)(=O)=O)C(C)(O)O. The van der Waals surface area contributed by atoms with Gasteiger partial charge in [-0.3, -0.25) is 9.69 Å². The van der Waals surface area contributed by atoms with Gasteiger partial charge in [0.05, 0.1) is 11.7 Å². The molecular formula is C10H18N2O7S3. The molecule has 9 nitrogen and oxygen atoms in total. The Morgan fingerprint density at radius 2 is 2.00 bits per heavy atom. The van der Waals surface area contributed by atoms with E-state index in [2.05, 4.69) is 0 Å². The molecule has 1 heterocycles. The molecule has 2 unspecified atom stereocenters. The van der Waals surface area contributed by atoms with Crippen LogP contribution in [0.25, 0.3) is 0 Å². The zero-order valence-electron chi connectivity index (χ0n) is 12.0. The molecule has 4 N–H and O–H groups in total. The largest absolute Gasteiger partial charge is 0.353 e. The van der Waals surface area contributed by atoms with Gasteiger partial charge in [0.2, 0.25) is 15.9 Å². The number of Topliss-reactive ketones (excluding diaryl/α,β-unsaturated/α-hetero) is 1. The highest BCUT2D eigenvalue weighted by Crippen LogP contribution is 2.29.